The van der Waals surface area contributed by atoms with Crippen LogP contribution < -0.4 is 5.32 Å². The van der Waals surface area contributed by atoms with E-state index in [1.165, 1.54) is 48.8 Å². The summed E-state index contributed by atoms with van der Waals surface area (Å²) >= 11 is 0. The lowest BCUT2D eigenvalue weighted by atomic mass is 9.80. The number of nitrogens with one attached hydrogen (secondary N) is 1. The lowest BCUT2D eigenvalue weighted by Gasteiger charge is -2.31. The lowest BCUT2D eigenvalue weighted by Crippen LogP contribution is -2.27. The molecule has 1 aliphatic rings. The van der Waals surface area contributed by atoms with Crippen LogP contribution in [0.5, 0.6) is 0 Å². The normalized spacial score (nSPS) is 19.2. The zero-order valence-electron chi connectivity index (χ0n) is 11.4. The second-order valence-electron chi connectivity index (χ2n) is 5.52. The second-order valence-corrected chi connectivity index (χ2v) is 5.52. The predicted octanol–water partition coefficient (Wildman–Crippen LogP) is 4.14. The summed E-state index contributed by atoms with van der Waals surface area (Å²) in [4.78, 5) is 0. The van der Waals surface area contributed by atoms with Gasteiger partial charge in [-0.25, -0.2) is 0 Å². The highest BCUT2D eigenvalue weighted by Gasteiger charge is 2.24. The molecule has 0 aromatic heterocycles. The molecule has 1 aromatic rings. The minimum Gasteiger partial charge on any atom is -0.313 e. The lowest BCUT2D eigenvalue weighted by molar-refractivity contribution is 0.281. The first-order valence-electron chi connectivity index (χ1n) is 6.97. The molecule has 1 unspecified atom stereocenters. The van der Waals surface area contributed by atoms with E-state index in [1.807, 2.05) is 0 Å². The van der Waals surface area contributed by atoms with Crippen molar-refractivity contribution in [1.29, 1.82) is 0 Å². The molecule has 0 amide bonds. The van der Waals surface area contributed by atoms with Crippen LogP contribution >= 0.6 is 0 Å². The van der Waals surface area contributed by atoms with E-state index < -0.39 is 0 Å². The molecule has 1 nitrogen and oxygen atoms in total. The average Bonchev–Trinajstić information content (AvgIpc) is 2.36. The summed E-state index contributed by atoms with van der Waals surface area (Å²) in [5.74, 6) is 0.828. The zero-order valence-corrected chi connectivity index (χ0v) is 11.4. The Hall–Kier alpha value is -0.820. The Balaban J connectivity index is 2.24. The topological polar surface area (TPSA) is 12.0 Å². The van der Waals surface area contributed by atoms with E-state index in [2.05, 4.69) is 44.4 Å². The summed E-state index contributed by atoms with van der Waals surface area (Å²) in [6.07, 6.45) is 7.03. The van der Waals surface area contributed by atoms with Crippen LogP contribution in [0.25, 0.3) is 0 Å². The summed E-state index contributed by atoms with van der Waals surface area (Å²) < 4.78 is 0. The minimum absolute atomic E-state index is 0.551. The second kappa shape index (κ2) is 5.68. The van der Waals surface area contributed by atoms with Crippen molar-refractivity contribution in [1.82, 2.24) is 5.32 Å². The third-order valence-corrected chi connectivity index (χ3v) is 4.20. The minimum atomic E-state index is 0.551. The molecule has 0 saturated heterocycles. The van der Waals surface area contributed by atoms with Gasteiger partial charge in [0.25, 0.3) is 0 Å². The summed E-state index contributed by atoms with van der Waals surface area (Å²) in [6.45, 7) is 4.43. The number of hydrogen-bond acceptors (Lipinski definition) is 1. The molecule has 2 rings (SSSR count). The Labute approximate surface area is 106 Å². The number of rotatable bonds is 3. The first kappa shape index (κ1) is 12.6. The van der Waals surface area contributed by atoms with Crippen LogP contribution in [0.2, 0.25) is 0 Å². The van der Waals surface area contributed by atoms with Gasteiger partial charge in [-0.2, -0.15) is 0 Å². The van der Waals surface area contributed by atoms with E-state index in [1.54, 1.807) is 0 Å². The maximum Gasteiger partial charge on any atom is 0.0348 e. The molecule has 1 saturated carbocycles. The van der Waals surface area contributed by atoms with E-state index in [4.69, 9.17) is 0 Å². The van der Waals surface area contributed by atoms with Crippen LogP contribution in [0.1, 0.15) is 54.8 Å². The van der Waals surface area contributed by atoms with Gasteiger partial charge in [0.05, 0.1) is 0 Å². The number of hydrogen-bond donors (Lipinski definition) is 1. The molecule has 1 aromatic carbocycles. The average molecular weight is 231 g/mol. The Bertz CT molecular complexity index is 364. The van der Waals surface area contributed by atoms with Gasteiger partial charge in [0.15, 0.2) is 0 Å². The third-order valence-electron chi connectivity index (χ3n) is 4.20. The largest absolute Gasteiger partial charge is 0.313 e. The molecule has 1 heteroatoms. The van der Waals surface area contributed by atoms with Crippen molar-refractivity contribution in [2.24, 2.45) is 5.92 Å². The van der Waals surface area contributed by atoms with E-state index >= 15 is 0 Å². The van der Waals surface area contributed by atoms with Gasteiger partial charge in [0.1, 0.15) is 0 Å². The predicted molar refractivity (Wildman–Crippen MR) is 74.3 cm³/mol. The van der Waals surface area contributed by atoms with Gasteiger partial charge >= 0.3 is 0 Å². The van der Waals surface area contributed by atoms with Crippen molar-refractivity contribution < 1.29 is 0 Å². The quantitative estimate of drug-likeness (QED) is 0.824. The first-order valence-corrected chi connectivity index (χ1v) is 6.97. The molecule has 1 atom stereocenters. The van der Waals surface area contributed by atoms with Crippen LogP contribution in [-0.2, 0) is 0 Å². The fourth-order valence-corrected chi connectivity index (χ4v) is 3.21. The Kier molecular flexibility index (Phi) is 4.22. The van der Waals surface area contributed by atoms with Gasteiger partial charge in [-0.15, -0.1) is 0 Å². The van der Waals surface area contributed by atoms with Crippen molar-refractivity contribution >= 4 is 0 Å². The molecule has 0 spiro atoms. The number of benzene rings is 1. The summed E-state index contributed by atoms with van der Waals surface area (Å²) in [5, 5.41) is 3.56. The zero-order chi connectivity index (χ0) is 12.3. The van der Waals surface area contributed by atoms with Crippen molar-refractivity contribution in [3.63, 3.8) is 0 Å². The highest BCUT2D eigenvalue weighted by molar-refractivity contribution is 5.33. The third kappa shape index (κ3) is 2.90. The fraction of sp³-hybridized carbons (Fsp3) is 0.625. The van der Waals surface area contributed by atoms with Crippen LogP contribution in [0.15, 0.2) is 18.2 Å². The summed E-state index contributed by atoms with van der Waals surface area (Å²) in [7, 11) is 2.11. The molecule has 1 N–H and O–H groups in total. The highest BCUT2D eigenvalue weighted by Crippen LogP contribution is 2.35. The summed E-state index contributed by atoms with van der Waals surface area (Å²) in [6, 6.07) is 7.39. The van der Waals surface area contributed by atoms with Gasteiger partial charge in [-0.05, 0) is 50.8 Å². The van der Waals surface area contributed by atoms with Crippen LogP contribution in [0.3, 0.4) is 0 Å². The van der Waals surface area contributed by atoms with Crippen molar-refractivity contribution in [2.45, 2.75) is 52.0 Å². The van der Waals surface area contributed by atoms with Crippen molar-refractivity contribution in [3.8, 4) is 0 Å². The van der Waals surface area contributed by atoms with Crippen molar-refractivity contribution in [3.05, 3.63) is 34.9 Å². The Morgan fingerprint density at radius 1 is 1.12 bits per heavy atom. The maximum atomic E-state index is 3.56. The molecule has 94 valence electrons. The summed E-state index contributed by atoms with van der Waals surface area (Å²) in [5.41, 5.74) is 4.32. The highest BCUT2D eigenvalue weighted by atomic mass is 14.9. The van der Waals surface area contributed by atoms with E-state index in [-0.39, 0.29) is 0 Å². The van der Waals surface area contributed by atoms with E-state index in [9.17, 15) is 0 Å². The van der Waals surface area contributed by atoms with Crippen molar-refractivity contribution in [2.75, 3.05) is 7.05 Å². The molecule has 0 aliphatic heterocycles. The SMILES string of the molecule is CNC(c1cc(C)ccc1C)C1CCCCC1. The Morgan fingerprint density at radius 3 is 2.47 bits per heavy atom. The molecule has 17 heavy (non-hydrogen) atoms. The first-order chi connectivity index (χ1) is 8.22. The molecule has 0 radical (unpaired) electrons. The van der Waals surface area contributed by atoms with E-state index in [0.29, 0.717) is 6.04 Å². The van der Waals surface area contributed by atoms with Gasteiger partial charge in [-0.3, -0.25) is 0 Å². The smallest absolute Gasteiger partial charge is 0.0348 e. The maximum absolute atomic E-state index is 3.56. The van der Waals surface area contributed by atoms with E-state index in [0.717, 1.165) is 5.92 Å². The molecule has 1 aliphatic carbocycles. The standard InChI is InChI=1S/C16H25N/c1-12-9-10-13(2)15(11-12)16(17-3)14-7-5-4-6-8-14/h9-11,14,16-17H,4-8H2,1-3H3. The fourth-order valence-electron chi connectivity index (χ4n) is 3.21. The van der Waals surface area contributed by atoms with Gasteiger partial charge < -0.3 is 5.32 Å². The molecule has 0 bridgehead atoms. The molecule has 1 fully saturated rings. The molecule has 0 heterocycles. The Morgan fingerprint density at radius 2 is 1.82 bits per heavy atom. The van der Waals surface area contributed by atoms with Gasteiger partial charge in [-0.1, -0.05) is 43.0 Å². The van der Waals surface area contributed by atoms with Gasteiger partial charge in [0.2, 0.25) is 0 Å². The number of aryl methyl sites for hydroxylation is 2. The monoisotopic (exact) mass is 231 g/mol. The van der Waals surface area contributed by atoms with Crippen LogP contribution in [0, 0.1) is 19.8 Å². The van der Waals surface area contributed by atoms with Gasteiger partial charge in [0, 0.05) is 6.04 Å². The van der Waals surface area contributed by atoms with Crippen LogP contribution in [-0.4, -0.2) is 7.05 Å². The van der Waals surface area contributed by atoms with Crippen LogP contribution in [0.4, 0.5) is 0 Å². The molecular formula is C16H25N. The molecular weight excluding hydrogens is 206 g/mol.